The molecule has 0 saturated carbocycles. The Kier molecular flexibility index (Phi) is 6.87. The molecule has 1 fully saturated rings. The smallest absolute Gasteiger partial charge is 0.243 e. The van der Waals surface area contributed by atoms with Crippen LogP contribution in [0.25, 0.3) is 5.69 Å². The monoisotopic (exact) mass is 485 g/mol. The number of carbonyl (C=O) groups excluding carboxylic acids is 1. The van der Waals surface area contributed by atoms with E-state index in [-0.39, 0.29) is 10.8 Å². The lowest BCUT2D eigenvalue weighted by molar-refractivity contribution is -0.115. The first-order chi connectivity index (χ1) is 15.8. The summed E-state index contributed by atoms with van der Waals surface area (Å²) in [6, 6.07) is 14.4. The van der Waals surface area contributed by atoms with Crippen LogP contribution in [-0.4, -0.2) is 51.7 Å². The minimum Gasteiger partial charge on any atom is -0.325 e. The van der Waals surface area contributed by atoms with Crippen LogP contribution in [0.1, 0.15) is 31.2 Å². The van der Waals surface area contributed by atoms with Crippen LogP contribution in [0.15, 0.2) is 58.6 Å². The summed E-state index contributed by atoms with van der Waals surface area (Å²) >= 11 is 1.32. The van der Waals surface area contributed by atoms with Crippen molar-refractivity contribution in [3.05, 3.63) is 59.9 Å². The van der Waals surface area contributed by atoms with Crippen molar-refractivity contribution in [3.63, 3.8) is 0 Å². The molecule has 4 rings (SSSR count). The zero-order valence-electron chi connectivity index (χ0n) is 18.9. The molecule has 0 aliphatic carbocycles. The predicted octanol–water partition coefficient (Wildman–Crippen LogP) is 3.79. The largest absolute Gasteiger partial charge is 0.325 e. The van der Waals surface area contributed by atoms with E-state index in [1.165, 1.54) is 16.1 Å². The minimum absolute atomic E-state index is 0.203. The second-order valence-electron chi connectivity index (χ2n) is 8.09. The summed E-state index contributed by atoms with van der Waals surface area (Å²) in [7, 11) is -3.47. The van der Waals surface area contributed by atoms with Crippen LogP contribution in [-0.2, 0) is 14.8 Å². The standard InChI is InChI=1S/C23H27N5O3S2/c1-16-6-10-20(11-7-16)28-18(3)25-26-23(28)32-17(2)22(29)24-19-8-12-21(13-9-19)33(30,31)27-14-4-5-15-27/h6-13,17H,4-5,14-15H2,1-3H3,(H,24,29)/t17-/m0/s1. The Morgan fingerprint density at radius 1 is 1.00 bits per heavy atom. The van der Waals surface area contributed by atoms with E-state index in [1.54, 1.807) is 31.2 Å². The van der Waals surface area contributed by atoms with Crippen LogP contribution in [0.2, 0.25) is 0 Å². The topological polar surface area (TPSA) is 97.2 Å². The maximum atomic E-state index is 12.8. The van der Waals surface area contributed by atoms with Gasteiger partial charge in [0.25, 0.3) is 0 Å². The molecule has 0 spiro atoms. The van der Waals surface area contributed by atoms with Crippen molar-refractivity contribution in [3.8, 4) is 5.69 Å². The van der Waals surface area contributed by atoms with Crippen LogP contribution in [0, 0.1) is 13.8 Å². The fraction of sp³-hybridized carbons (Fsp3) is 0.348. The first-order valence-corrected chi connectivity index (χ1v) is 13.1. The fourth-order valence-electron chi connectivity index (χ4n) is 3.65. The third kappa shape index (κ3) is 5.13. The molecule has 3 aromatic rings. The first-order valence-electron chi connectivity index (χ1n) is 10.8. The Bertz CT molecular complexity index is 1230. The SMILES string of the molecule is Cc1ccc(-n2c(C)nnc2S[C@@H](C)C(=O)Nc2ccc(S(=O)(=O)N3CCCC3)cc2)cc1. The molecule has 8 nitrogen and oxygen atoms in total. The highest BCUT2D eigenvalue weighted by atomic mass is 32.2. The summed E-state index contributed by atoms with van der Waals surface area (Å²) < 4.78 is 28.8. The second kappa shape index (κ2) is 9.66. The molecule has 2 heterocycles. The molecule has 0 bridgehead atoms. The molecular weight excluding hydrogens is 458 g/mol. The lowest BCUT2D eigenvalue weighted by Crippen LogP contribution is -2.27. The van der Waals surface area contributed by atoms with Gasteiger partial charge in [-0.3, -0.25) is 9.36 Å². The van der Waals surface area contributed by atoms with E-state index in [9.17, 15) is 13.2 Å². The van der Waals surface area contributed by atoms with Gasteiger partial charge in [-0.15, -0.1) is 10.2 Å². The van der Waals surface area contributed by atoms with Gasteiger partial charge in [0.05, 0.1) is 10.1 Å². The average Bonchev–Trinajstić information content (AvgIpc) is 3.46. The number of hydrogen-bond donors (Lipinski definition) is 1. The Labute approximate surface area is 198 Å². The van der Waals surface area contributed by atoms with Crippen LogP contribution in [0.3, 0.4) is 0 Å². The van der Waals surface area contributed by atoms with Crippen molar-refractivity contribution in [2.75, 3.05) is 18.4 Å². The van der Waals surface area contributed by atoms with Gasteiger partial charge in [0.15, 0.2) is 5.16 Å². The number of rotatable bonds is 7. The van der Waals surface area contributed by atoms with Crippen molar-refractivity contribution in [2.24, 2.45) is 0 Å². The number of aromatic nitrogens is 3. The van der Waals surface area contributed by atoms with Crippen molar-refractivity contribution in [2.45, 2.75) is 48.9 Å². The number of carbonyl (C=O) groups is 1. The van der Waals surface area contributed by atoms with Gasteiger partial charge in [0, 0.05) is 24.5 Å². The molecule has 1 saturated heterocycles. The molecule has 1 aromatic heterocycles. The zero-order chi connectivity index (χ0) is 23.6. The van der Waals surface area contributed by atoms with Gasteiger partial charge >= 0.3 is 0 Å². The predicted molar refractivity (Wildman–Crippen MR) is 129 cm³/mol. The summed E-state index contributed by atoms with van der Waals surface area (Å²) in [6.45, 7) is 6.82. The van der Waals surface area contributed by atoms with Crippen LogP contribution in [0.4, 0.5) is 5.69 Å². The second-order valence-corrected chi connectivity index (χ2v) is 11.3. The number of amides is 1. The van der Waals surface area contributed by atoms with Crippen molar-refractivity contribution in [1.82, 2.24) is 19.1 Å². The number of nitrogens with one attached hydrogen (secondary N) is 1. The van der Waals surface area contributed by atoms with E-state index in [1.807, 2.05) is 42.7 Å². The molecule has 1 aliphatic heterocycles. The third-order valence-corrected chi connectivity index (χ3v) is 8.52. The van der Waals surface area contributed by atoms with E-state index >= 15 is 0 Å². The molecule has 1 amide bonds. The highest BCUT2D eigenvalue weighted by Gasteiger charge is 2.27. The molecule has 0 unspecified atom stereocenters. The summed E-state index contributed by atoms with van der Waals surface area (Å²) in [5.74, 6) is 0.537. The molecule has 10 heteroatoms. The van der Waals surface area contributed by atoms with E-state index in [0.717, 1.165) is 29.9 Å². The number of sulfonamides is 1. The minimum atomic E-state index is -3.47. The van der Waals surface area contributed by atoms with Crippen LogP contribution in [0.5, 0.6) is 0 Å². The van der Waals surface area contributed by atoms with Crippen molar-refractivity contribution < 1.29 is 13.2 Å². The Hall–Kier alpha value is -2.69. The van der Waals surface area contributed by atoms with E-state index in [0.29, 0.717) is 23.9 Å². The van der Waals surface area contributed by atoms with Crippen molar-refractivity contribution in [1.29, 1.82) is 0 Å². The van der Waals surface area contributed by atoms with Gasteiger partial charge in [-0.25, -0.2) is 8.42 Å². The summed E-state index contributed by atoms with van der Waals surface area (Å²) in [5, 5.41) is 11.5. The van der Waals surface area contributed by atoms with Gasteiger partial charge in [0.2, 0.25) is 15.9 Å². The maximum Gasteiger partial charge on any atom is 0.243 e. The molecule has 33 heavy (non-hydrogen) atoms. The van der Waals surface area contributed by atoms with E-state index in [2.05, 4.69) is 15.5 Å². The normalized spacial score (nSPS) is 15.5. The highest BCUT2D eigenvalue weighted by molar-refractivity contribution is 8.00. The zero-order valence-corrected chi connectivity index (χ0v) is 20.5. The van der Waals surface area contributed by atoms with Gasteiger partial charge in [0.1, 0.15) is 5.82 Å². The third-order valence-electron chi connectivity index (χ3n) is 5.56. The molecular formula is C23H27N5O3S2. The van der Waals surface area contributed by atoms with E-state index in [4.69, 9.17) is 0 Å². The van der Waals surface area contributed by atoms with Gasteiger partial charge in [-0.1, -0.05) is 29.5 Å². The molecule has 1 atom stereocenters. The Balaban J connectivity index is 1.43. The fourth-order valence-corrected chi connectivity index (χ4v) is 6.08. The van der Waals surface area contributed by atoms with Gasteiger partial charge < -0.3 is 5.32 Å². The number of hydrogen-bond acceptors (Lipinski definition) is 6. The highest BCUT2D eigenvalue weighted by Crippen LogP contribution is 2.27. The van der Waals surface area contributed by atoms with Gasteiger partial charge in [-0.05, 0) is 70.0 Å². The molecule has 1 aliphatic rings. The summed E-state index contributed by atoms with van der Waals surface area (Å²) in [4.78, 5) is 13.0. The van der Waals surface area contributed by atoms with Crippen LogP contribution >= 0.6 is 11.8 Å². The first kappa shape index (κ1) is 23.5. The quantitative estimate of drug-likeness (QED) is 0.512. The van der Waals surface area contributed by atoms with Crippen LogP contribution < -0.4 is 5.32 Å². The van der Waals surface area contributed by atoms with Crippen molar-refractivity contribution >= 4 is 33.4 Å². The molecule has 0 radical (unpaired) electrons. The number of benzene rings is 2. The lowest BCUT2D eigenvalue weighted by Gasteiger charge is -2.16. The molecule has 2 aromatic carbocycles. The van der Waals surface area contributed by atoms with Gasteiger partial charge in [-0.2, -0.15) is 4.31 Å². The summed E-state index contributed by atoms with van der Waals surface area (Å²) in [6.07, 6.45) is 1.78. The Morgan fingerprint density at radius 3 is 2.27 bits per heavy atom. The molecule has 174 valence electrons. The Morgan fingerprint density at radius 2 is 1.64 bits per heavy atom. The van der Waals surface area contributed by atoms with E-state index < -0.39 is 15.3 Å². The molecule has 1 N–H and O–H groups in total. The lowest BCUT2D eigenvalue weighted by atomic mass is 10.2. The number of aryl methyl sites for hydroxylation is 2. The number of nitrogens with zero attached hydrogens (tertiary/aromatic N) is 4. The average molecular weight is 486 g/mol. The number of thioether (sulfide) groups is 1. The summed E-state index contributed by atoms with van der Waals surface area (Å²) in [5.41, 5.74) is 2.64. The number of anilines is 1. The maximum absolute atomic E-state index is 12.8.